The molecule has 1 aromatic rings. The van der Waals surface area contributed by atoms with Crippen LogP contribution in [0.3, 0.4) is 0 Å². The van der Waals surface area contributed by atoms with Crippen LogP contribution in [0, 0.1) is 3.57 Å². The summed E-state index contributed by atoms with van der Waals surface area (Å²) in [7, 11) is 1.63. The van der Waals surface area contributed by atoms with E-state index in [4.69, 9.17) is 4.74 Å². The van der Waals surface area contributed by atoms with Crippen LogP contribution in [0.5, 0.6) is 5.88 Å². The first-order valence-corrected chi connectivity index (χ1v) is 5.73. The van der Waals surface area contributed by atoms with Crippen molar-refractivity contribution >= 4 is 38.5 Å². The fourth-order valence-corrected chi connectivity index (χ4v) is 2.27. The van der Waals surface area contributed by atoms with Gasteiger partial charge in [-0.2, -0.15) is 0 Å². The van der Waals surface area contributed by atoms with Gasteiger partial charge < -0.3 is 4.74 Å². The van der Waals surface area contributed by atoms with Crippen molar-refractivity contribution in [1.29, 1.82) is 0 Å². The average molecular weight is 359 g/mol. The SMILES string of the molecule is COc1nn(C(C)(C)C)c(Br)c1I. The molecule has 1 aromatic heterocycles. The molecule has 0 unspecified atom stereocenters. The van der Waals surface area contributed by atoms with Gasteiger partial charge in [-0.1, -0.05) is 0 Å². The van der Waals surface area contributed by atoms with Crippen LogP contribution >= 0.6 is 38.5 Å². The second-order valence-corrected chi connectivity index (χ2v) is 5.53. The third kappa shape index (κ3) is 2.18. The van der Waals surface area contributed by atoms with Crippen LogP contribution in [0.1, 0.15) is 20.8 Å². The molecule has 0 atom stereocenters. The third-order valence-corrected chi connectivity index (χ3v) is 4.02. The van der Waals surface area contributed by atoms with Crippen LogP contribution in [0.4, 0.5) is 0 Å². The molecule has 0 amide bonds. The molecule has 0 saturated heterocycles. The number of nitrogens with zero attached hydrogens (tertiary/aromatic N) is 2. The molecule has 1 heterocycles. The monoisotopic (exact) mass is 358 g/mol. The summed E-state index contributed by atoms with van der Waals surface area (Å²) >= 11 is 5.70. The third-order valence-electron chi connectivity index (χ3n) is 1.57. The molecule has 0 aromatic carbocycles. The van der Waals surface area contributed by atoms with Crippen molar-refractivity contribution in [2.75, 3.05) is 7.11 Å². The van der Waals surface area contributed by atoms with Crippen LogP contribution in [0.2, 0.25) is 0 Å². The minimum absolute atomic E-state index is 0.0322. The zero-order valence-corrected chi connectivity index (χ0v) is 11.8. The topological polar surface area (TPSA) is 27.1 Å². The van der Waals surface area contributed by atoms with Crippen molar-refractivity contribution in [2.24, 2.45) is 0 Å². The van der Waals surface area contributed by atoms with Gasteiger partial charge in [-0.15, -0.1) is 5.10 Å². The van der Waals surface area contributed by atoms with E-state index in [1.165, 1.54) is 0 Å². The minimum atomic E-state index is -0.0322. The van der Waals surface area contributed by atoms with Gasteiger partial charge in [0.25, 0.3) is 0 Å². The lowest BCUT2D eigenvalue weighted by atomic mass is 10.1. The van der Waals surface area contributed by atoms with Crippen molar-refractivity contribution in [2.45, 2.75) is 26.3 Å². The highest BCUT2D eigenvalue weighted by molar-refractivity contribution is 14.1. The van der Waals surface area contributed by atoms with E-state index in [2.05, 4.69) is 64.4 Å². The Bertz CT molecular complexity index is 317. The number of ether oxygens (including phenoxy) is 1. The van der Waals surface area contributed by atoms with Gasteiger partial charge in [0.2, 0.25) is 5.88 Å². The first-order chi connectivity index (χ1) is 5.88. The van der Waals surface area contributed by atoms with Gasteiger partial charge >= 0.3 is 0 Å². The van der Waals surface area contributed by atoms with Gasteiger partial charge in [-0.05, 0) is 59.3 Å². The second-order valence-electron chi connectivity index (χ2n) is 3.70. The van der Waals surface area contributed by atoms with Gasteiger partial charge in [0.05, 0.1) is 12.6 Å². The van der Waals surface area contributed by atoms with Crippen LogP contribution in [0.25, 0.3) is 0 Å². The van der Waals surface area contributed by atoms with Crippen LogP contribution in [-0.2, 0) is 5.54 Å². The molecule has 5 heteroatoms. The van der Waals surface area contributed by atoms with Crippen molar-refractivity contribution < 1.29 is 4.74 Å². The predicted octanol–water partition coefficient (Wildman–Crippen LogP) is 3.01. The Morgan fingerprint density at radius 2 is 2.00 bits per heavy atom. The van der Waals surface area contributed by atoms with Crippen LogP contribution in [0.15, 0.2) is 4.60 Å². The normalized spacial score (nSPS) is 11.8. The summed E-state index contributed by atoms with van der Waals surface area (Å²) in [5.74, 6) is 0.669. The summed E-state index contributed by atoms with van der Waals surface area (Å²) < 4.78 is 9.02. The molecule has 0 radical (unpaired) electrons. The van der Waals surface area contributed by atoms with Crippen molar-refractivity contribution in [3.05, 3.63) is 8.17 Å². The Balaban J connectivity index is 3.25. The summed E-state index contributed by atoms with van der Waals surface area (Å²) in [6.45, 7) is 6.29. The number of hydrogen-bond acceptors (Lipinski definition) is 2. The van der Waals surface area contributed by atoms with Crippen LogP contribution in [-0.4, -0.2) is 16.9 Å². The zero-order valence-electron chi connectivity index (χ0n) is 8.06. The van der Waals surface area contributed by atoms with E-state index in [0.29, 0.717) is 5.88 Å². The van der Waals surface area contributed by atoms with Gasteiger partial charge in [0.15, 0.2) is 0 Å². The molecule has 3 nitrogen and oxygen atoms in total. The Labute approximate surface area is 100 Å². The van der Waals surface area contributed by atoms with Crippen molar-refractivity contribution in [1.82, 2.24) is 9.78 Å². The molecule has 0 bridgehead atoms. The molecule has 0 saturated carbocycles. The molecule has 13 heavy (non-hydrogen) atoms. The number of aromatic nitrogens is 2. The molecule has 0 aliphatic rings. The molecule has 0 N–H and O–H groups in total. The number of hydrogen-bond donors (Lipinski definition) is 0. The van der Waals surface area contributed by atoms with E-state index in [-0.39, 0.29) is 5.54 Å². The quantitative estimate of drug-likeness (QED) is 0.721. The second kappa shape index (κ2) is 3.76. The van der Waals surface area contributed by atoms with E-state index >= 15 is 0 Å². The lowest BCUT2D eigenvalue weighted by Crippen LogP contribution is -2.23. The summed E-state index contributed by atoms with van der Waals surface area (Å²) in [6.07, 6.45) is 0. The van der Waals surface area contributed by atoms with E-state index in [0.717, 1.165) is 8.17 Å². The maximum atomic E-state index is 5.13. The van der Waals surface area contributed by atoms with Gasteiger partial charge in [-0.25, -0.2) is 4.68 Å². The average Bonchev–Trinajstić information content (AvgIpc) is 2.28. The Kier molecular flexibility index (Phi) is 3.27. The molecular formula is C8H12BrIN2O. The predicted molar refractivity (Wildman–Crippen MR) is 64.2 cm³/mol. The fraction of sp³-hybridized carbons (Fsp3) is 0.625. The summed E-state index contributed by atoms with van der Waals surface area (Å²) in [4.78, 5) is 0. The zero-order chi connectivity index (χ0) is 10.2. The molecule has 0 aliphatic carbocycles. The lowest BCUT2D eigenvalue weighted by Gasteiger charge is -2.19. The Morgan fingerprint density at radius 1 is 1.46 bits per heavy atom. The highest BCUT2D eigenvalue weighted by Crippen LogP contribution is 2.31. The molecule has 1 rings (SSSR count). The van der Waals surface area contributed by atoms with E-state index < -0.39 is 0 Å². The Hall–Kier alpha value is 0.220. The van der Waals surface area contributed by atoms with Crippen molar-refractivity contribution in [3.63, 3.8) is 0 Å². The highest BCUT2D eigenvalue weighted by Gasteiger charge is 2.22. The number of rotatable bonds is 1. The number of halogens is 2. The first kappa shape index (κ1) is 11.3. The maximum Gasteiger partial charge on any atom is 0.247 e. The van der Waals surface area contributed by atoms with Crippen LogP contribution < -0.4 is 4.74 Å². The molecule has 0 aliphatic heterocycles. The fourth-order valence-electron chi connectivity index (χ4n) is 0.935. The molecule has 0 spiro atoms. The lowest BCUT2D eigenvalue weighted by molar-refractivity contribution is 0.325. The van der Waals surface area contributed by atoms with Gasteiger partial charge in [-0.3, -0.25) is 0 Å². The summed E-state index contributed by atoms with van der Waals surface area (Å²) in [5.41, 5.74) is -0.0322. The molecule has 74 valence electrons. The minimum Gasteiger partial charge on any atom is -0.479 e. The van der Waals surface area contributed by atoms with Gasteiger partial charge in [0, 0.05) is 0 Å². The van der Waals surface area contributed by atoms with Crippen molar-refractivity contribution in [3.8, 4) is 5.88 Å². The smallest absolute Gasteiger partial charge is 0.247 e. The van der Waals surface area contributed by atoms with E-state index in [1.807, 2.05) is 4.68 Å². The molecular weight excluding hydrogens is 347 g/mol. The van der Waals surface area contributed by atoms with E-state index in [1.54, 1.807) is 7.11 Å². The Morgan fingerprint density at radius 3 is 2.23 bits per heavy atom. The highest BCUT2D eigenvalue weighted by atomic mass is 127. The largest absolute Gasteiger partial charge is 0.479 e. The first-order valence-electron chi connectivity index (χ1n) is 3.86. The maximum absolute atomic E-state index is 5.13. The summed E-state index contributed by atoms with van der Waals surface area (Å²) in [6, 6.07) is 0. The summed E-state index contributed by atoms with van der Waals surface area (Å²) in [5, 5.41) is 4.34. The van der Waals surface area contributed by atoms with E-state index in [9.17, 15) is 0 Å². The standard InChI is InChI=1S/C8H12BrIN2O/c1-8(2,3)12-6(9)5(10)7(11-12)13-4/h1-4H3. The van der Waals surface area contributed by atoms with Gasteiger partial charge in [0.1, 0.15) is 8.17 Å². The molecule has 0 fully saturated rings. The number of methoxy groups -OCH3 is 1.